The Morgan fingerprint density at radius 2 is 1.63 bits per heavy atom. The SMILES string of the molecule is CSCCC(NC(=O)C(N)Cc1ccccc1)C(=O)NC(CCSC)C(=O)N1CCCC1C(=O)O. The number of carbonyl (C=O) groups excluding carboxylic acids is 3. The number of hydrogen-bond donors (Lipinski definition) is 4. The number of nitrogens with two attached hydrogens (primary N) is 1. The van der Waals surface area contributed by atoms with Gasteiger partial charge < -0.3 is 26.4 Å². The van der Waals surface area contributed by atoms with E-state index in [1.54, 1.807) is 11.8 Å². The molecule has 11 heteroatoms. The molecule has 1 heterocycles. The van der Waals surface area contributed by atoms with Crippen molar-refractivity contribution in [1.29, 1.82) is 0 Å². The first-order valence-electron chi connectivity index (χ1n) is 11.7. The van der Waals surface area contributed by atoms with Crippen LogP contribution in [0, 0.1) is 0 Å². The molecule has 2 rings (SSSR count). The summed E-state index contributed by atoms with van der Waals surface area (Å²) in [5.41, 5.74) is 7.02. The van der Waals surface area contributed by atoms with Crippen LogP contribution in [-0.2, 0) is 25.6 Å². The number of nitrogens with zero attached hydrogens (tertiary/aromatic N) is 1. The van der Waals surface area contributed by atoms with Crippen LogP contribution in [0.5, 0.6) is 0 Å². The van der Waals surface area contributed by atoms with Crippen molar-refractivity contribution in [3.63, 3.8) is 0 Å². The number of likely N-dealkylation sites (tertiary alicyclic amines) is 1. The Kier molecular flexibility index (Phi) is 12.4. The number of amides is 3. The second-order valence-electron chi connectivity index (χ2n) is 8.51. The van der Waals surface area contributed by atoms with E-state index in [4.69, 9.17) is 5.73 Å². The number of hydrogen-bond acceptors (Lipinski definition) is 7. The van der Waals surface area contributed by atoms with E-state index in [9.17, 15) is 24.3 Å². The molecule has 4 atom stereocenters. The number of rotatable bonds is 14. The molecule has 0 radical (unpaired) electrons. The van der Waals surface area contributed by atoms with E-state index in [0.29, 0.717) is 50.2 Å². The van der Waals surface area contributed by atoms with Gasteiger partial charge in [-0.05, 0) is 61.7 Å². The summed E-state index contributed by atoms with van der Waals surface area (Å²) in [6.45, 7) is 0.350. The highest BCUT2D eigenvalue weighted by atomic mass is 32.2. The van der Waals surface area contributed by atoms with Gasteiger partial charge in [-0.2, -0.15) is 23.5 Å². The van der Waals surface area contributed by atoms with Crippen molar-refractivity contribution in [1.82, 2.24) is 15.5 Å². The summed E-state index contributed by atoms with van der Waals surface area (Å²) in [5.74, 6) is -1.09. The largest absolute Gasteiger partial charge is 0.480 e. The van der Waals surface area contributed by atoms with E-state index in [2.05, 4.69) is 10.6 Å². The predicted octanol–water partition coefficient (Wildman–Crippen LogP) is 1.11. The molecule has 35 heavy (non-hydrogen) atoms. The van der Waals surface area contributed by atoms with Crippen LogP contribution < -0.4 is 16.4 Å². The number of carboxylic acid groups (broad SMARTS) is 1. The quantitative estimate of drug-likeness (QED) is 0.284. The zero-order chi connectivity index (χ0) is 25.8. The van der Waals surface area contributed by atoms with Crippen molar-refractivity contribution in [2.75, 3.05) is 30.6 Å². The molecule has 1 aliphatic rings. The minimum absolute atomic E-state index is 0.337. The summed E-state index contributed by atoms with van der Waals surface area (Å²) >= 11 is 3.08. The van der Waals surface area contributed by atoms with Crippen LogP contribution in [0.1, 0.15) is 31.2 Å². The summed E-state index contributed by atoms with van der Waals surface area (Å²) in [6, 6.07) is 5.98. The van der Waals surface area contributed by atoms with E-state index in [1.807, 2.05) is 42.8 Å². The van der Waals surface area contributed by atoms with Crippen LogP contribution in [0.25, 0.3) is 0 Å². The van der Waals surface area contributed by atoms with Gasteiger partial charge in [0.15, 0.2) is 0 Å². The summed E-state index contributed by atoms with van der Waals surface area (Å²) in [7, 11) is 0. The third-order valence-electron chi connectivity index (χ3n) is 5.93. The lowest BCUT2D eigenvalue weighted by Gasteiger charge is -2.29. The fourth-order valence-corrected chi connectivity index (χ4v) is 4.94. The van der Waals surface area contributed by atoms with Crippen molar-refractivity contribution in [3.8, 4) is 0 Å². The van der Waals surface area contributed by atoms with Gasteiger partial charge in [0.1, 0.15) is 18.1 Å². The van der Waals surface area contributed by atoms with Gasteiger partial charge in [0.05, 0.1) is 6.04 Å². The molecule has 3 amide bonds. The topological polar surface area (TPSA) is 142 Å². The molecule has 1 aromatic carbocycles. The summed E-state index contributed by atoms with van der Waals surface area (Å²) < 4.78 is 0. The molecule has 0 bridgehead atoms. The number of nitrogens with one attached hydrogen (secondary N) is 2. The van der Waals surface area contributed by atoms with E-state index in [-0.39, 0.29) is 0 Å². The van der Waals surface area contributed by atoms with Crippen LogP contribution >= 0.6 is 23.5 Å². The number of aliphatic carboxylic acids is 1. The third-order valence-corrected chi connectivity index (χ3v) is 7.21. The van der Waals surface area contributed by atoms with Gasteiger partial charge in [0.25, 0.3) is 0 Å². The van der Waals surface area contributed by atoms with Crippen LogP contribution in [0.4, 0.5) is 0 Å². The third kappa shape index (κ3) is 9.05. The normalized spacial score (nSPS) is 17.9. The van der Waals surface area contributed by atoms with Gasteiger partial charge in [-0.25, -0.2) is 4.79 Å². The smallest absolute Gasteiger partial charge is 0.326 e. The Bertz CT molecular complexity index is 858. The van der Waals surface area contributed by atoms with Gasteiger partial charge in [-0.15, -0.1) is 0 Å². The molecular weight excluding hydrogens is 488 g/mol. The first-order valence-corrected chi connectivity index (χ1v) is 14.5. The first-order chi connectivity index (χ1) is 16.8. The molecule has 194 valence electrons. The van der Waals surface area contributed by atoms with Crippen molar-refractivity contribution in [2.24, 2.45) is 5.73 Å². The highest BCUT2D eigenvalue weighted by Crippen LogP contribution is 2.20. The maximum absolute atomic E-state index is 13.2. The fourth-order valence-electron chi connectivity index (χ4n) is 4.00. The van der Waals surface area contributed by atoms with Crippen LogP contribution in [0.2, 0.25) is 0 Å². The Morgan fingerprint density at radius 1 is 1.03 bits per heavy atom. The maximum Gasteiger partial charge on any atom is 0.326 e. The van der Waals surface area contributed by atoms with Crippen LogP contribution in [0.3, 0.4) is 0 Å². The molecule has 0 aromatic heterocycles. The Labute approximate surface area is 215 Å². The number of carboxylic acids is 1. The van der Waals surface area contributed by atoms with E-state index in [1.165, 1.54) is 16.7 Å². The van der Waals surface area contributed by atoms with Gasteiger partial charge >= 0.3 is 5.97 Å². The molecule has 0 spiro atoms. The first kappa shape index (κ1) is 29.0. The Balaban J connectivity index is 2.09. The summed E-state index contributed by atoms with van der Waals surface area (Å²) in [6.07, 6.45) is 5.89. The van der Waals surface area contributed by atoms with Crippen LogP contribution in [-0.4, -0.2) is 88.4 Å². The molecule has 0 saturated carbocycles. The number of benzene rings is 1. The minimum Gasteiger partial charge on any atom is -0.480 e. The van der Waals surface area contributed by atoms with E-state index in [0.717, 1.165) is 5.56 Å². The molecule has 1 aliphatic heterocycles. The molecule has 5 N–H and O–H groups in total. The molecule has 1 fully saturated rings. The monoisotopic (exact) mass is 524 g/mol. The lowest BCUT2D eigenvalue weighted by molar-refractivity contribution is -0.149. The van der Waals surface area contributed by atoms with Gasteiger partial charge in [0, 0.05) is 6.54 Å². The highest BCUT2D eigenvalue weighted by Gasteiger charge is 2.38. The lowest BCUT2D eigenvalue weighted by Crippen LogP contribution is -2.57. The van der Waals surface area contributed by atoms with E-state index < -0.39 is 47.9 Å². The molecule has 1 aromatic rings. The van der Waals surface area contributed by atoms with Crippen molar-refractivity contribution >= 4 is 47.2 Å². The molecule has 9 nitrogen and oxygen atoms in total. The second kappa shape index (κ2) is 15.0. The molecular formula is C24H36N4O5S2. The van der Waals surface area contributed by atoms with Crippen molar-refractivity contribution < 1.29 is 24.3 Å². The van der Waals surface area contributed by atoms with Crippen LogP contribution in [0.15, 0.2) is 30.3 Å². The maximum atomic E-state index is 13.2. The second-order valence-corrected chi connectivity index (χ2v) is 10.5. The molecule has 0 aliphatic carbocycles. The Morgan fingerprint density at radius 3 is 2.23 bits per heavy atom. The highest BCUT2D eigenvalue weighted by molar-refractivity contribution is 7.98. The molecule has 1 saturated heterocycles. The average Bonchev–Trinajstić information content (AvgIpc) is 3.34. The predicted molar refractivity (Wildman–Crippen MR) is 140 cm³/mol. The van der Waals surface area contributed by atoms with Gasteiger partial charge in [-0.3, -0.25) is 14.4 Å². The van der Waals surface area contributed by atoms with E-state index >= 15 is 0 Å². The standard InChI is InChI=1S/C24H36N4O5S2/c1-34-13-10-18(26-21(29)17(25)15-16-7-4-3-5-8-16)22(30)27-19(11-14-35-2)23(31)28-12-6-9-20(28)24(32)33/h3-5,7-8,17-20H,6,9-15,25H2,1-2H3,(H,26,29)(H,27,30)(H,32,33). The number of carbonyl (C=O) groups is 4. The summed E-state index contributed by atoms with van der Waals surface area (Å²) in [4.78, 5) is 52.1. The zero-order valence-electron chi connectivity index (χ0n) is 20.3. The minimum atomic E-state index is -1.04. The summed E-state index contributed by atoms with van der Waals surface area (Å²) in [5, 5.41) is 15.0. The van der Waals surface area contributed by atoms with Gasteiger partial charge in [-0.1, -0.05) is 30.3 Å². The lowest BCUT2D eigenvalue weighted by atomic mass is 10.1. The zero-order valence-corrected chi connectivity index (χ0v) is 21.9. The van der Waals surface area contributed by atoms with Gasteiger partial charge in [0.2, 0.25) is 17.7 Å². The van der Waals surface area contributed by atoms with Crippen molar-refractivity contribution in [2.45, 2.75) is 56.3 Å². The van der Waals surface area contributed by atoms with Crippen molar-refractivity contribution in [3.05, 3.63) is 35.9 Å². The fraction of sp³-hybridized carbons (Fsp3) is 0.583. The number of thioether (sulfide) groups is 2. The Hall–Kier alpha value is -2.24. The average molecular weight is 525 g/mol. The molecule has 4 unspecified atom stereocenters.